The summed E-state index contributed by atoms with van der Waals surface area (Å²) in [5, 5.41) is 6.74. The summed E-state index contributed by atoms with van der Waals surface area (Å²) in [7, 11) is 1.83. The lowest BCUT2D eigenvalue weighted by atomic mass is 10.3. The van der Waals surface area contributed by atoms with Crippen LogP contribution in [0.1, 0.15) is 35.9 Å². The molecule has 1 saturated carbocycles. The summed E-state index contributed by atoms with van der Waals surface area (Å²) in [6.45, 7) is 4.10. The van der Waals surface area contributed by atoms with E-state index >= 15 is 0 Å². The Labute approximate surface area is 137 Å². The fourth-order valence-corrected chi connectivity index (χ4v) is 2.80. The van der Waals surface area contributed by atoms with E-state index in [0.29, 0.717) is 0 Å². The molecule has 1 aliphatic rings. The molecule has 0 radical (unpaired) electrons. The number of halogens is 1. The third-order valence-corrected chi connectivity index (χ3v) is 4.49. The molecule has 1 heterocycles. The molecular weight excluding hydrogens is 369 g/mol. The average Bonchev–Trinajstić information content (AvgIpc) is 3.10. The summed E-state index contributed by atoms with van der Waals surface area (Å²) >= 11 is 1.88. The number of nitrogens with one attached hydrogen (secondary N) is 2. The molecule has 1 aromatic heterocycles. The summed E-state index contributed by atoms with van der Waals surface area (Å²) < 4.78 is 0. The number of nitrogens with zero attached hydrogens (tertiary/aromatic N) is 1. The van der Waals surface area contributed by atoms with Crippen LogP contribution in [0, 0.1) is 5.92 Å². The Hall–Kier alpha value is -0.300. The third kappa shape index (κ3) is 6.12. The monoisotopic (exact) mass is 393 g/mol. The minimum atomic E-state index is 0. The maximum Gasteiger partial charge on any atom is 0.191 e. The Kier molecular flexibility index (Phi) is 7.75. The Bertz CT molecular complexity index is 399. The minimum absolute atomic E-state index is 0. The molecule has 2 rings (SSSR count). The van der Waals surface area contributed by atoms with Crippen molar-refractivity contribution in [2.24, 2.45) is 10.9 Å². The second-order valence-electron chi connectivity index (χ2n) is 4.81. The molecule has 1 fully saturated rings. The van der Waals surface area contributed by atoms with Crippen LogP contribution in [0.15, 0.2) is 17.1 Å². The highest BCUT2D eigenvalue weighted by molar-refractivity contribution is 14.0. The van der Waals surface area contributed by atoms with Gasteiger partial charge in [0.2, 0.25) is 0 Å². The van der Waals surface area contributed by atoms with Gasteiger partial charge in [0.25, 0.3) is 0 Å². The van der Waals surface area contributed by atoms with E-state index in [9.17, 15) is 0 Å². The summed E-state index contributed by atoms with van der Waals surface area (Å²) in [5.74, 6) is 1.89. The number of guanidine groups is 1. The van der Waals surface area contributed by atoms with Crippen molar-refractivity contribution >= 4 is 41.3 Å². The van der Waals surface area contributed by atoms with Gasteiger partial charge in [0.05, 0.1) is 6.54 Å². The van der Waals surface area contributed by atoms with E-state index in [1.165, 1.54) is 29.0 Å². The van der Waals surface area contributed by atoms with Crippen LogP contribution in [0.5, 0.6) is 0 Å². The maximum atomic E-state index is 4.25. The van der Waals surface area contributed by atoms with Crippen molar-refractivity contribution in [3.05, 3.63) is 21.9 Å². The average molecular weight is 393 g/mol. The number of hydrogen-bond donors (Lipinski definition) is 2. The number of hydrogen-bond acceptors (Lipinski definition) is 2. The normalized spacial score (nSPS) is 14.9. The molecule has 108 valence electrons. The van der Waals surface area contributed by atoms with Crippen LogP contribution in [0.3, 0.4) is 0 Å². The van der Waals surface area contributed by atoms with E-state index < -0.39 is 0 Å². The van der Waals surface area contributed by atoms with Crippen LogP contribution >= 0.6 is 35.3 Å². The number of aliphatic imine (C=N–C) groups is 1. The highest BCUT2D eigenvalue weighted by atomic mass is 127. The van der Waals surface area contributed by atoms with Crippen LogP contribution in [0.25, 0.3) is 0 Å². The zero-order valence-electron chi connectivity index (χ0n) is 11.7. The van der Waals surface area contributed by atoms with Crippen LogP contribution < -0.4 is 10.6 Å². The molecule has 0 amide bonds. The molecule has 0 aromatic carbocycles. The van der Waals surface area contributed by atoms with E-state index in [-0.39, 0.29) is 24.0 Å². The molecule has 0 atom stereocenters. The Morgan fingerprint density at radius 1 is 1.32 bits per heavy atom. The van der Waals surface area contributed by atoms with E-state index in [2.05, 4.69) is 34.7 Å². The fourth-order valence-electron chi connectivity index (χ4n) is 1.90. The van der Waals surface area contributed by atoms with Crippen molar-refractivity contribution < 1.29 is 0 Å². The van der Waals surface area contributed by atoms with E-state index in [0.717, 1.165) is 31.4 Å². The van der Waals surface area contributed by atoms with Gasteiger partial charge in [0.15, 0.2) is 5.96 Å². The van der Waals surface area contributed by atoms with Crippen molar-refractivity contribution in [1.29, 1.82) is 0 Å². The van der Waals surface area contributed by atoms with Crippen LogP contribution in [-0.2, 0) is 13.0 Å². The Morgan fingerprint density at radius 2 is 2.05 bits per heavy atom. The van der Waals surface area contributed by atoms with Gasteiger partial charge in [-0.25, -0.2) is 0 Å². The summed E-state index contributed by atoms with van der Waals surface area (Å²) in [5.41, 5.74) is 0. The zero-order chi connectivity index (χ0) is 12.8. The predicted molar refractivity (Wildman–Crippen MR) is 94.7 cm³/mol. The first-order valence-electron chi connectivity index (χ1n) is 6.84. The SMILES string of the molecule is CCc1ccc(CNC(=NC)NCCC2CC2)s1.I. The molecule has 1 aliphatic carbocycles. The number of thiophene rings is 1. The van der Waals surface area contributed by atoms with E-state index in [1.54, 1.807) is 0 Å². The van der Waals surface area contributed by atoms with Gasteiger partial charge < -0.3 is 10.6 Å². The molecule has 0 unspecified atom stereocenters. The highest BCUT2D eigenvalue weighted by Crippen LogP contribution is 2.31. The van der Waals surface area contributed by atoms with Gasteiger partial charge in [-0.3, -0.25) is 4.99 Å². The van der Waals surface area contributed by atoms with Crippen molar-refractivity contribution in [1.82, 2.24) is 10.6 Å². The molecule has 1 aromatic rings. The Morgan fingerprint density at radius 3 is 2.63 bits per heavy atom. The van der Waals surface area contributed by atoms with Gasteiger partial charge in [-0.15, -0.1) is 35.3 Å². The van der Waals surface area contributed by atoms with Gasteiger partial charge in [-0.2, -0.15) is 0 Å². The zero-order valence-corrected chi connectivity index (χ0v) is 14.9. The van der Waals surface area contributed by atoms with Crippen LogP contribution in [-0.4, -0.2) is 19.6 Å². The molecule has 0 bridgehead atoms. The first-order valence-corrected chi connectivity index (χ1v) is 7.65. The summed E-state index contributed by atoms with van der Waals surface area (Å²) in [6, 6.07) is 4.42. The van der Waals surface area contributed by atoms with Crippen molar-refractivity contribution in [2.75, 3.05) is 13.6 Å². The predicted octanol–water partition coefficient (Wildman–Crippen LogP) is 3.39. The lowest BCUT2D eigenvalue weighted by Gasteiger charge is -2.10. The molecule has 0 saturated heterocycles. The van der Waals surface area contributed by atoms with Crippen molar-refractivity contribution in [3.8, 4) is 0 Å². The first-order chi connectivity index (χ1) is 8.81. The maximum absolute atomic E-state index is 4.25. The largest absolute Gasteiger partial charge is 0.356 e. The quantitative estimate of drug-likeness (QED) is 0.442. The molecule has 0 aliphatic heterocycles. The second-order valence-corrected chi connectivity index (χ2v) is 6.06. The standard InChI is InChI=1S/C14H23N3S.HI/c1-3-12-6-7-13(18-12)10-17-14(15-2)16-9-8-11-4-5-11;/h6-7,11H,3-5,8-10H2,1-2H3,(H2,15,16,17);1H. The van der Waals surface area contributed by atoms with Crippen LogP contribution in [0.4, 0.5) is 0 Å². The smallest absolute Gasteiger partial charge is 0.191 e. The molecule has 0 spiro atoms. The molecule has 19 heavy (non-hydrogen) atoms. The first kappa shape index (κ1) is 16.8. The number of aryl methyl sites for hydroxylation is 1. The topological polar surface area (TPSA) is 36.4 Å². The highest BCUT2D eigenvalue weighted by Gasteiger charge is 2.20. The van der Waals surface area contributed by atoms with Gasteiger partial charge in [-0.1, -0.05) is 19.8 Å². The molecule has 2 N–H and O–H groups in total. The van der Waals surface area contributed by atoms with Gasteiger partial charge in [0.1, 0.15) is 0 Å². The molecule has 5 heteroatoms. The minimum Gasteiger partial charge on any atom is -0.356 e. The number of rotatable bonds is 6. The summed E-state index contributed by atoms with van der Waals surface area (Å²) in [6.07, 6.45) is 5.24. The van der Waals surface area contributed by atoms with Crippen LogP contribution in [0.2, 0.25) is 0 Å². The van der Waals surface area contributed by atoms with Gasteiger partial charge >= 0.3 is 0 Å². The van der Waals surface area contributed by atoms with Gasteiger partial charge in [-0.05, 0) is 30.9 Å². The fraction of sp³-hybridized carbons (Fsp3) is 0.643. The second kappa shape index (κ2) is 8.79. The van der Waals surface area contributed by atoms with Crippen molar-refractivity contribution in [2.45, 2.75) is 39.2 Å². The Balaban J connectivity index is 0.00000180. The van der Waals surface area contributed by atoms with Gasteiger partial charge in [0, 0.05) is 23.3 Å². The lowest BCUT2D eigenvalue weighted by molar-refractivity contribution is 0.685. The molecular formula is C14H24IN3S. The molecule has 3 nitrogen and oxygen atoms in total. The van der Waals surface area contributed by atoms with E-state index in [1.807, 2.05) is 18.4 Å². The summed E-state index contributed by atoms with van der Waals surface area (Å²) in [4.78, 5) is 7.07. The van der Waals surface area contributed by atoms with Crippen molar-refractivity contribution in [3.63, 3.8) is 0 Å². The lowest BCUT2D eigenvalue weighted by Crippen LogP contribution is -2.37. The third-order valence-electron chi connectivity index (χ3n) is 3.26. The van der Waals surface area contributed by atoms with E-state index in [4.69, 9.17) is 0 Å².